The third-order valence-electron chi connectivity index (χ3n) is 3.03. The first-order valence-corrected chi connectivity index (χ1v) is 5.97. The molecular formula is C14H19NO2. The Morgan fingerprint density at radius 3 is 2.35 bits per heavy atom. The van der Waals surface area contributed by atoms with E-state index in [1.54, 1.807) is 4.90 Å². The van der Waals surface area contributed by atoms with E-state index in [1.165, 1.54) is 5.56 Å². The van der Waals surface area contributed by atoms with Crippen molar-refractivity contribution in [1.82, 2.24) is 0 Å². The maximum absolute atomic E-state index is 11.7. The van der Waals surface area contributed by atoms with Crippen molar-refractivity contribution < 1.29 is 9.53 Å². The molecule has 0 aromatic heterocycles. The van der Waals surface area contributed by atoms with Crippen molar-refractivity contribution in [2.75, 3.05) is 24.7 Å². The van der Waals surface area contributed by atoms with E-state index < -0.39 is 0 Å². The van der Waals surface area contributed by atoms with Gasteiger partial charge in [-0.2, -0.15) is 0 Å². The van der Waals surface area contributed by atoms with Gasteiger partial charge >= 0.3 is 0 Å². The number of morpholine rings is 1. The van der Waals surface area contributed by atoms with E-state index >= 15 is 0 Å². The lowest BCUT2D eigenvalue weighted by molar-refractivity contribution is -0.125. The molecule has 1 heterocycles. The Hall–Kier alpha value is -1.35. The summed E-state index contributed by atoms with van der Waals surface area (Å²) in [7, 11) is 0. The zero-order valence-electron chi connectivity index (χ0n) is 10.7. The van der Waals surface area contributed by atoms with Crippen molar-refractivity contribution in [3.63, 3.8) is 0 Å². The van der Waals surface area contributed by atoms with Gasteiger partial charge in [0, 0.05) is 12.2 Å². The summed E-state index contributed by atoms with van der Waals surface area (Å²) in [4.78, 5) is 13.5. The Kier molecular flexibility index (Phi) is 3.20. The highest BCUT2D eigenvalue weighted by molar-refractivity contribution is 5.94. The first-order valence-electron chi connectivity index (χ1n) is 5.97. The van der Waals surface area contributed by atoms with Gasteiger partial charge in [-0.1, -0.05) is 32.9 Å². The number of anilines is 1. The van der Waals surface area contributed by atoms with Crippen molar-refractivity contribution in [3.8, 4) is 0 Å². The minimum atomic E-state index is 0.0414. The summed E-state index contributed by atoms with van der Waals surface area (Å²) in [5, 5.41) is 0. The molecule has 0 unspecified atom stereocenters. The fraction of sp³-hybridized carbons (Fsp3) is 0.500. The maximum atomic E-state index is 11.7. The molecular weight excluding hydrogens is 214 g/mol. The summed E-state index contributed by atoms with van der Waals surface area (Å²) in [5.74, 6) is 0.0414. The lowest BCUT2D eigenvalue weighted by Crippen LogP contribution is -2.41. The second kappa shape index (κ2) is 4.49. The van der Waals surface area contributed by atoms with E-state index in [-0.39, 0.29) is 17.9 Å². The fourth-order valence-electron chi connectivity index (χ4n) is 1.93. The van der Waals surface area contributed by atoms with Crippen molar-refractivity contribution in [1.29, 1.82) is 0 Å². The normalized spacial score (nSPS) is 17.4. The zero-order chi connectivity index (χ0) is 12.5. The molecule has 2 rings (SSSR count). The lowest BCUT2D eigenvalue weighted by Gasteiger charge is -2.27. The first-order chi connectivity index (χ1) is 7.98. The van der Waals surface area contributed by atoms with Crippen molar-refractivity contribution in [3.05, 3.63) is 29.8 Å². The molecule has 0 radical (unpaired) electrons. The lowest BCUT2D eigenvalue weighted by atomic mass is 9.87. The largest absolute Gasteiger partial charge is 0.370 e. The van der Waals surface area contributed by atoms with Gasteiger partial charge in [-0.15, -0.1) is 0 Å². The molecule has 1 aliphatic heterocycles. The van der Waals surface area contributed by atoms with E-state index in [2.05, 4.69) is 32.9 Å². The van der Waals surface area contributed by atoms with Crippen LogP contribution < -0.4 is 4.90 Å². The molecule has 0 aliphatic carbocycles. The molecule has 1 fully saturated rings. The average Bonchev–Trinajstić information content (AvgIpc) is 2.29. The van der Waals surface area contributed by atoms with Crippen LogP contribution in [0.5, 0.6) is 0 Å². The highest BCUT2D eigenvalue weighted by Gasteiger charge is 2.20. The molecule has 0 bridgehead atoms. The van der Waals surface area contributed by atoms with Gasteiger partial charge in [0.15, 0.2) is 0 Å². The zero-order valence-corrected chi connectivity index (χ0v) is 10.7. The van der Waals surface area contributed by atoms with Crippen LogP contribution in [0.3, 0.4) is 0 Å². The summed E-state index contributed by atoms with van der Waals surface area (Å²) >= 11 is 0. The molecule has 1 saturated heterocycles. The number of carbonyl (C=O) groups is 1. The minimum absolute atomic E-state index is 0.0414. The van der Waals surface area contributed by atoms with Gasteiger partial charge in [0.2, 0.25) is 0 Å². The minimum Gasteiger partial charge on any atom is -0.370 e. The molecule has 1 amide bonds. The standard InChI is InChI=1S/C14H19NO2/c1-14(2,3)11-4-6-12(7-5-11)15-8-9-17-10-13(15)16/h4-7H,8-10H2,1-3H3. The number of benzene rings is 1. The molecule has 92 valence electrons. The fourth-order valence-corrected chi connectivity index (χ4v) is 1.93. The van der Waals surface area contributed by atoms with Gasteiger partial charge in [-0.3, -0.25) is 4.79 Å². The highest BCUT2D eigenvalue weighted by Crippen LogP contribution is 2.25. The molecule has 3 nitrogen and oxygen atoms in total. The van der Waals surface area contributed by atoms with Crippen LogP contribution in [0, 0.1) is 0 Å². The summed E-state index contributed by atoms with van der Waals surface area (Å²) in [5.41, 5.74) is 2.39. The van der Waals surface area contributed by atoms with Gasteiger partial charge in [0.1, 0.15) is 6.61 Å². The van der Waals surface area contributed by atoms with E-state index in [0.29, 0.717) is 13.2 Å². The number of hydrogen-bond acceptors (Lipinski definition) is 2. The van der Waals surface area contributed by atoms with Gasteiger partial charge in [0.25, 0.3) is 5.91 Å². The number of ether oxygens (including phenoxy) is 1. The first kappa shape index (κ1) is 12.1. The van der Waals surface area contributed by atoms with Gasteiger partial charge in [-0.05, 0) is 23.1 Å². The van der Waals surface area contributed by atoms with E-state index in [9.17, 15) is 4.79 Å². The highest BCUT2D eigenvalue weighted by atomic mass is 16.5. The molecule has 0 atom stereocenters. The van der Waals surface area contributed by atoms with Crippen molar-refractivity contribution in [2.45, 2.75) is 26.2 Å². The SMILES string of the molecule is CC(C)(C)c1ccc(N2CCOCC2=O)cc1. The molecule has 1 aliphatic rings. The summed E-state index contributed by atoms with van der Waals surface area (Å²) in [6.45, 7) is 8.01. The van der Waals surface area contributed by atoms with Gasteiger partial charge in [0.05, 0.1) is 6.61 Å². The van der Waals surface area contributed by atoms with Crippen LogP contribution in [0.4, 0.5) is 5.69 Å². The Bertz CT molecular complexity index is 403. The van der Waals surface area contributed by atoms with Crippen LogP contribution in [0.15, 0.2) is 24.3 Å². The number of nitrogens with zero attached hydrogens (tertiary/aromatic N) is 1. The van der Waals surface area contributed by atoms with Crippen LogP contribution in [0.1, 0.15) is 26.3 Å². The van der Waals surface area contributed by atoms with Crippen LogP contribution in [0.2, 0.25) is 0 Å². The second-order valence-corrected chi connectivity index (χ2v) is 5.39. The van der Waals surface area contributed by atoms with Crippen LogP contribution in [-0.4, -0.2) is 25.7 Å². The smallest absolute Gasteiger partial charge is 0.253 e. The number of hydrogen-bond donors (Lipinski definition) is 0. The quantitative estimate of drug-likeness (QED) is 0.745. The Balaban J connectivity index is 2.20. The van der Waals surface area contributed by atoms with Gasteiger partial charge < -0.3 is 9.64 Å². The molecule has 0 N–H and O–H groups in total. The monoisotopic (exact) mass is 233 g/mol. The molecule has 3 heteroatoms. The van der Waals surface area contributed by atoms with E-state index in [0.717, 1.165) is 5.69 Å². The Morgan fingerprint density at radius 2 is 1.82 bits per heavy atom. The van der Waals surface area contributed by atoms with E-state index in [1.807, 2.05) is 12.1 Å². The number of carbonyl (C=O) groups excluding carboxylic acids is 1. The van der Waals surface area contributed by atoms with Crippen LogP contribution >= 0.6 is 0 Å². The third kappa shape index (κ3) is 2.67. The molecule has 0 saturated carbocycles. The molecule has 1 aromatic carbocycles. The number of rotatable bonds is 1. The Labute approximate surface area is 102 Å². The summed E-state index contributed by atoms with van der Waals surface area (Å²) in [6.07, 6.45) is 0. The topological polar surface area (TPSA) is 29.5 Å². The summed E-state index contributed by atoms with van der Waals surface area (Å²) in [6, 6.07) is 8.23. The molecule has 0 spiro atoms. The third-order valence-corrected chi connectivity index (χ3v) is 3.03. The molecule has 1 aromatic rings. The second-order valence-electron chi connectivity index (χ2n) is 5.39. The van der Waals surface area contributed by atoms with E-state index in [4.69, 9.17) is 4.74 Å². The van der Waals surface area contributed by atoms with Crippen LogP contribution in [-0.2, 0) is 14.9 Å². The van der Waals surface area contributed by atoms with Crippen LogP contribution in [0.25, 0.3) is 0 Å². The predicted octanol–water partition coefficient (Wildman–Crippen LogP) is 2.35. The predicted molar refractivity (Wildman–Crippen MR) is 68.3 cm³/mol. The Morgan fingerprint density at radius 1 is 1.18 bits per heavy atom. The average molecular weight is 233 g/mol. The summed E-state index contributed by atoms with van der Waals surface area (Å²) < 4.78 is 5.12. The molecule has 17 heavy (non-hydrogen) atoms. The number of amides is 1. The van der Waals surface area contributed by atoms with Crippen molar-refractivity contribution >= 4 is 11.6 Å². The van der Waals surface area contributed by atoms with Gasteiger partial charge in [-0.25, -0.2) is 0 Å². The van der Waals surface area contributed by atoms with Crippen molar-refractivity contribution in [2.24, 2.45) is 0 Å². The maximum Gasteiger partial charge on any atom is 0.253 e.